The summed E-state index contributed by atoms with van der Waals surface area (Å²) in [6.07, 6.45) is 15.1. The van der Waals surface area contributed by atoms with Gasteiger partial charge in [-0.1, -0.05) is 145 Å². The van der Waals surface area contributed by atoms with Gasteiger partial charge in [-0.3, -0.25) is 0 Å². The Morgan fingerprint density at radius 1 is 0.375 bits per heavy atom. The molecule has 0 unspecified atom stereocenters. The van der Waals surface area contributed by atoms with E-state index in [4.69, 9.17) is 9.47 Å². The summed E-state index contributed by atoms with van der Waals surface area (Å²) >= 11 is 0. The van der Waals surface area contributed by atoms with Crippen molar-refractivity contribution in [1.29, 1.82) is 0 Å². The van der Waals surface area contributed by atoms with Crippen LogP contribution in [-0.2, 0) is 0 Å². The highest BCUT2D eigenvalue weighted by Gasteiger charge is 2.18. The second kappa shape index (κ2) is 15.3. The van der Waals surface area contributed by atoms with Crippen molar-refractivity contribution >= 4 is 53.9 Å². The van der Waals surface area contributed by atoms with Crippen molar-refractivity contribution in [3.05, 3.63) is 97.1 Å². The number of hydrogen-bond acceptors (Lipinski definition) is 2. The molecule has 7 aromatic rings. The number of benzene rings is 7. The molecule has 0 atom stereocenters. The van der Waals surface area contributed by atoms with E-state index in [0.29, 0.717) is 0 Å². The molecule has 0 amide bonds. The summed E-state index contributed by atoms with van der Waals surface area (Å²) in [5.41, 5.74) is 2.48. The molecule has 0 spiro atoms. The van der Waals surface area contributed by atoms with Gasteiger partial charge in [-0.05, 0) is 108 Å². The van der Waals surface area contributed by atoms with Crippen LogP contribution >= 0.6 is 0 Å². The van der Waals surface area contributed by atoms with Crippen LogP contribution in [0, 0.1) is 0 Å². The van der Waals surface area contributed by atoms with Gasteiger partial charge in [0.2, 0.25) is 0 Å². The molecule has 0 bridgehead atoms. The van der Waals surface area contributed by atoms with Crippen molar-refractivity contribution in [2.45, 2.75) is 90.9 Å². The molecule has 0 saturated carbocycles. The molecule has 246 valence electrons. The third-order valence-corrected chi connectivity index (χ3v) is 10.2. The first kappa shape index (κ1) is 32.3. The number of fused-ring (bicyclic) bond motifs is 3. The molecule has 2 nitrogen and oxygen atoms in total. The topological polar surface area (TPSA) is 18.5 Å². The molecule has 2 heteroatoms. The van der Waals surface area contributed by atoms with Crippen molar-refractivity contribution in [3.8, 4) is 22.6 Å². The van der Waals surface area contributed by atoms with Crippen LogP contribution < -0.4 is 9.47 Å². The largest absolute Gasteiger partial charge is 0.494 e. The highest BCUT2D eigenvalue weighted by Crippen LogP contribution is 2.45. The van der Waals surface area contributed by atoms with Gasteiger partial charge in [0.1, 0.15) is 11.5 Å². The predicted molar refractivity (Wildman–Crippen MR) is 208 cm³/mol. The van der Waals surface area contributed by atoms with Gasteiger partial charge in [-0.15, -0.1) is 0 Å². The fourth-order valence-corrected chi connectivity index (χ4v) is 7.68. The number of hydrogen-bond donors (Lipinski definition) is 0. The van der Waals surface area contributed by atoms with Crippen LogP contribution in [-0.4, -0.2) is 13.2 Å². The molecule has 0 aromatic heterocycles. The van der Waals surface area contributed by atoms with E-state index in [9.17, 15) is 0 Å². The van der Waals surface area contributed by atoms with Gasteiger partial charge < -0.3 is 9.47 Å². The Labute approximate surface area is 286 Å². The molecule has 0 N–H and O–H groups in total. The summed E-state index contributed by atoms with van der Waals surface area (Å²) in [7, 11) is 0. The van der Waals surface area contributed by atoms with Gasteiger partial charge in [-0.25, -0.2) is 0 Å². The molecule has 0 aliphatic rings. The van der Waals surface area contributed by atoms with Crippen LogP contribution in [0.4, 0.5) is 0 Å². The summed E-state index contributed by atoms with van der Waals surface area (Å²) in [4.78, 5) is 0. The molecule has 7 rings (SSSR count). The molecule has 0 saturated heterocycles. The lowest BCUT2D eigenvalue weighted by molar-refractivity contribution is 0.305. The van der Waals surface area contributed by atoms with Gasteiger partial charge in [-0.2, -0.15) is 0 Å². The fourth-order valence-electron chi connectivity index (χ4n) is 7.68. The lowest BCUT2D eigenvalue weighted by Gasteiger charge is -2.19. The zero-order chi connectivity index (χ0) is 32.7. The Morgan fingerprint density at radius 3 is 1.65 bits per heavy atom. The summed E-state index contributed by atoms with van der Waals surface area (Å²) in [6, 6.07) is 36.1. The molecule has 0 aliphatic heterocycles. The highest BCUT2D eigenvalue weighted by atomic mass is 16.5. The molecular weight excluding hydrogens is 585 g/mol. The third kappa shape index (κ3) is 6.81. The number of rotatable bonds is 17. The standard InChI is InChI=1S/C46H50O2/c1-3-5-7-9-11-15-26-47-38-28-35-25-23-34-19-17-21-41-42(31-37(30-38)44(35)46(34)41)43-32-39(48-27-16-12-10-8-6-4-2)29-36-24-22-33-18-13-14-20-40(33)45(36)43/h13-14,17-25,28-32H,3-12,15-16,26-27H2,1-2H3. The van der Waals surface area contributed by atoms with E-state index in [1.807, 2.05) is 0 Å². The van der Waals surface area contributed by atoms with Crippen molar-refractivity contribution < 1.29 is 9.47 Å². The van der Waals surface area contributed by atoms with E-state index in [1.165, 1.54) is 129 Å². The molecule has 0 fully saturated rings. The SMILES string of the molecule is CCCCCCCCOc1cc(-c2cc3cc(OCCCCCCCC)cc4ccc5cccc2c5c43)c2c(ccc3ccccc32)c1. The average Bonchev–Trinajstić information content (AvgIpc) is 3.12. The fraction of sp³-hybridized carbons (Fsp3) is 0.348. The minimum atomic E-state index is 0.751. The maximum Gasteiger partial charge on any atom is 0.120 e. The van der Waals surface area contributed by atoms with Crippen LogP contribution in [0.2, 0.25) is 0 Å². The lowest BCUT2D eigenvalue weighted by Crippen LogP contribution is -1.99. The normalized spacial score (nSPS) is 11.9. The summed E-state index contributed by atoms with van der Waals surface area (Å²) in [5, 5.41) is 12.7. The first-order chi connectivity index (χ1) is 23.7. The summed E-state index contributed by atoms with van der Waals surface area (Å²) in [6.45, 7) is 6.06. The van der Waals surface area contributed by atoms with Gasteiger partial charge in [0, 0.05) is 0 Å². The number of unbranched alkanes of at least 4 members (excludes halogenated alkanes) is 10. The van der Waals surface area contributed by atoms with Crippen LogP contribution in [0.3, 0.4) is 0 Å². The van der Waals surface area contributed by atoms with Crippen molar-refractivity contribution in [3.63, 3.8) is 0 Å². The van der Waals surface area contributed by atoms with Crippen LogP contribution in [0.15, 0.2) is 97.1 Å². The summed E-state index contributed by atoms with van der Waals surface area (Å²) in [5.74, 6) is 1.92. The van der Waals surface area contributed by atoms with E-state index in [0.717, 1.165) is 37.6 Å². The second-order valence-electron chi connectivity index (χ2n) is 13.7. The van der Waals surface area contributed by atoms with Crippen LogP contribution in [0.5, 0.6) is 11.5 Å². The first-order valence-electron chi connectivity index (χ1n) is 18.7. The monoisotopic (exact) mass is 634 g/mol. The molecule has 0 radical (unpaired) electrons. The van der Waals surface area contributed by atoms with Crippen molar-refractivity contribution in [2.75, 3.05) is 13.2 Å². The second-order valence-corrected chi connectivity index (χ2v) is 13.7. The Kier molecular flexibility index (Phi) is 10.3. The number of ether oxygens (including phenoxy) is 2. The van der Waals surface area contributed by atoms with Crippen molar-refractivity contribution in [2.24, 2.45) is 0 Å². The highest BCUT2D eigenvalue weighted by molar-refractivity contribution is 6.28. The van der Waals surface area contributed by atoms with E-state index in [2.05, 4.69) is 111 Å². The molecule has 7 aromatic carbocycles. The maximum atomic E-state index is 6.52. The smallest absolute Gasteiger partial charge is 0.120 e. The van der Waals surface area contributed by atoms with Crippen LogP contribution in [0.1, 0.15) is 90.9 Å². The lowest BCUT2D eigenvalue weighted by atomic mass is 9.86. The zero-order valence-electron chi connectivity index (χ0n) is 29.0. The minimum absolute atomic E-state index is 0.751. The van der Waals surface area contributed by atoms with Crippen molar-refractivity contribution in [1.82, 2.24) is 0 Å². The van der Waals surface area contributed by atoms with Gasteiger partial charge in [0.25, 0.3) is 0 Å². The van der Waals surface area contributed by atoms with E-state index >= 15 is 0 Å². The zero-order valence-corrected chi connectivity index (χ0v) is 29.0. The Hall–Kier alpha value is -4.30. The van der Waals surface area contributed by atoms with E-state index < -0.39 is 0 Å². The first-order valence-corrected chi connectivity index (χ1v) is 18.7. The Balaban J connectivity index is 1.31. The third-order valence-electron chi connectivity index (χ3n) is 10.2. The minimum Gasteiger partial charge on any atom is -0.494 e. The molecule has 48 heavy (non-hydrogen) atoms. The Morgan fingerprint density at radius 2 is 0.917 bits per heavy atom. The van der Waals surface area contributed by atoms with E-state index in [1.54, 1.807) is 0 Å². The van der Waals surface area contributed by atoms with Gasteiger partial charge >= 0.3 is 0 Å². The molecular formula is C46H50O2. The van der Waals surface area contributed by atoms with Gasteiger partial charge in [0.05, 0.1) is 13.2 Å². The maximum absolute atomic E-state index is 6.52. The van der Waals surface area contributed by atoms with Crippen LogP contribution in [0.25, 0.3) is 65.0 Å². The quantitative estimate of drug-likeness (QED) is 0.0733. The predicted octanol–water partition coefficient (Wildman–Crippen LogP) is 14.0. The molecule has 0 aliphatic carbocycles. The summed E-state index contributed by atoms with van der Waals surface area (Å²) < 4.78 is 12.9. The molecule has 0 heterocycles. The Bertz CT molecular complexity index is 2120. The average molecular weight is 635 g/mol. The van der Waals surface area contributed by atoms with E-state index in [-0.39, 0.29) is 0 Å². The van der Waals surface area contributed by atoms with Gasteiger partial charge in [0.15, 0.2) is 0 Å².